The molecule has 0 rings (SSSR count). The zero-order chi connectivity index (χ0) is 20.6. The van der Waals surface area contributed by atoms with Gasteiger partial charge in [0, 0.05) is 11.4 Å². The van der Waals surface area contributed by atoms with Crippen molar-refractivity contribution in [2.45, 2.75) is 80.6 Å². The molecule has 0 spiro atoms. The molecule has 2 N–H and O–H groups in total. The minimum absolute atomic E-state index is 0.0741. The first-order chi connectivity index (χ1) is 12.2. The summed E-state index contributed by atoms with van der Waals surface area (Å²) in [6.07, 6.45) is 10.8. The zero-order valence-corrected chi connectivity index (χ0v) is 18.0. The first-order valence-electron chi connectivity index (χ1n) is 9.76. The molecule has 0 aliphatic heterocycles. The third-order valence-corrected chi connectivity index (χ3v) is 3.79. The first kappa shape index (κ1) is 26.4. The molecule has 0 aliphatic rings. The average Bonchev–Trinajstić information content (AvgIpc) is 2.62. The number of hydrogen-bond acceptors (Lipinski definition) is 3. The topological polar surface area (TPSA) is 61.7 Å². The second-order valence-electron chi connectivity index (χ2n) is 6.75. The smallest absolute Gasteiger partial charge is 0.322 e. The van der Waals surface area contributed by atoms with Gasteiger partial charge in [0.25, 0.3) is 0 Å². The highest BCUT2D eigenvalue weighted by molar-refractivity contribution is 5.86. The normalized spacial score (nSPS) is 12.6. The van der Waals surface area contributed by atoms with Gasteiger partial charge in [-0.1, -0.05) is 60.3 Å². The van der Waals surface area contributed by atoms with Gasteiger partial charge in [0.1, 0.15) is 6.54 Å². The number of nitrogens with zero attached hydrogens (tertiary/aromatic N) is 1. The molecule has 0 atom stereocenters. The van der Waals surface area contributed by atoms with Crippen LogP contribution in [0.3, 0.4) is 0 Å². The van der Waals surface area contributed by atoms with E-state index < -0.39 is 5.97 Å². The number of allylic oxidation sites excluding steroid dienone is 4. The van der Waals surface area contributed by atoms with Crippen molar-refractivity contribution in [1.82, 2.24) is 5.32 Å². The highest BCUT2D eigenvalue weighted by Crippen LogP contribution is 2.29. The Balaban J connectivity index is 0. The van der Waals surface area contributed by atoms with Crippen LogP contribution in [0.5, 0.6) is 0 Å². The van der Waals surface area contributed by atoms with E-state index in [0.717, 1.165) is 43.5 Å². The van der Waals surface area contributed by atoms with Crippen molar-refractivity contribution in [3.05, 3.63) is 36.2 Å². The molecule has 0 radical (unpaired) electrons. The van der Waals surface area contributed by atoms with Gasteiger partial charge in [0.15, 0.2) is 0 Å². The minimum Gasteiger partial charge on any atom is -0.480 e. The summed E-state index contributed by atoms with van der Waals surface area (Å²) in [6.45, 7) is 18.5. The predicted octanol–water partition coefficient (Wildman–Crippen LogP) is 6.12. The van der Waals surface area contributed by atoms with Crippen molar-refractivity contribution >= 4 is 11.7 Å². The van der Waals surface area contributed by atoms with Crippen LogP contribution >= 0.6 is 0 Å². The van der Waals surface area contributed by atoms with E-state index in [0.29, 0.717) is 0 Å². The molecule has 0 aromatic heterocycles. The molecule has 0 fully saturated rings. The lowest BCUT2D eigenvalue weighted by molar-refractivity contribution is -0.135. The number of carboxylic acid groups (broad SMARTS) is 1. The highest BCUT2D eigenvalue weighted by atomic mass is 16.4. The number of aliphatic carboxylic acids is 1. The maximum absolute atomic E-state index is 10.6. The maximum atomic E-state index is 10.6. The van der Waals surface area contributed by atoms with Gasteiger partial charge in [-0.25, -0.2) is 0 Å². The van der Waals surface area contributed by atoms with Crippen LogP contribution in [0.25, 0.3) is 0 Å². The maximum Gasteiger partial charge on any atom is 0.322 e. The number of carbonyl (C=O) groups is 1. The van der Waals surface area contributed by atoms with E-state index in [1.54, 1.807) is 0 Å². The van der Waals surface area contributed by atoms with Gasteiger partial charge in [-0.05, 0) is 50.5 Å². The Labute approximate surface area is 161 Å². The predicted molar refractivity (Wildman–Crippen MR) is 115 cm³/mol. The van der Waals surface area contributed by atoms with Gasteiger partial charge in [0.2, 0.25) is 0 Å². The van der Waals surface area contributed by atoms with Gasteiger partial charge >= 0.3 is 5.97 Å². The molecule has 0 aromatic carbocycles. The van der Waals surface area contributed by atoms with E-state index in [1.807, 2.05) is 26.8 Å². The second-order valence-corrected chi connectivity index (χ2v) is 6.75. The van der Waals surface area contributed by atoms with E-state index in [-0.39, 0.29) is 12.0 Å². The summed E-state index contributed by atoms with van der Waals surface area (Å²) in [4.78, 5) is 15.4. The second kappa shape index (κ2) is 15.4. The van der Waals surface area contributed by atoms with Gasteiger partial charge in [-0.15, -0.1) is 0 Å². The Morgan fingerprint density at radius 2 is 1.88 bits per heavy atom. The van der Waals surface area contributed by atoms with Gasteiger partial charge in [-0.2, -0.15) is 0 Å². The molecule has 150 valence electrons. The van der Waals surface area contributed by atoms with Crippen LogP contribution in [0.2, 0.25) is 0 Å². The molecule has 0 heterocycles. The zero-order valence-electron chi connectivity index (χ0n) is 18.0. The van der Waals surface area contributed by atoms with Crippen molar-refractivity contribution in [2.75, 3.05) is 6.54 Å². The average molecular weight is 365 g/mol. The van der Waals surface area contributed by atoms with Crippen LogP contribution in [-0.2, 0) is 4.79 Å². The minimum atomic E-state index is -0.866. The summed E-state index contributed by atoms with van der Waals surface area (Å²) in [7, 11) is 0. The van der Waals surface area contributed by atoms with Crippen LogP contribution < -0.4 is 5.32 Å². The molecule has 0 bridgehead atoms. The lowest BCUT2D eigenvalue weighted by Gasteiger charge is -2.26. The SMILES string of the molecule is C=C(CCC(C)(C)CC(CC)=NC(/C=C\CC)=C/C)NCC(=O)O.CC. The fraction of sp³-hybridized carbons (Fsp3) is 0.636. The van der Waals surface area contributed by atoms with E-state index in [2.05, 4.69) is 51.7 Å². The van der Waals surface area contributed by atoms with E-state index in [4.69, 9.17) is 10.1 Å². The molecule has 0 saturated heterocycles. The number of carboxylic acids is 1. The monoisotopic (exact) mass is 364 g/mol. The Kier molecular flexibility index (Phi) is 15.6. The Morgan fingerprint density at radius 3 is 2.35 bits per heavy atom. The number of nitrogens with one attached hydrogen (secondary N) is 1. The van der Waals surface area contributed by atoms with Crippen molar-refractivity contribution in [2.24, 2.45) is 10.4 Å². The lowest BCUT2D eigenvalue weighted by Crippen LogP contribution is -2.23. The summed E-state index contributed by atoms with van der Waals surface area (Å²) < 4.78 is 0. The van der Waals surface area contributed by atoms with Crippen molar-refractivity contribution in [1.29, 1.82) is 0 Å². The molecule has 4 heteroatoms. The quantitative estimate of drug-likeness (QED) is 0.324. The molecule has 0 saturated carbocycles. The van der Waals surface area contributed by atoms with Crippen LogP contribution in [0.15, 0.2) is 41.2 Å². The molecule has 0 aliphatic carbocycles. The standard InChI is InChI=1S/C20H34N2O2.C2H6/c1-7-10-11-17(8-2)22-18(9-3)14-20(5,6)13-12-16(4)21-15-19(23)24;1-2/h8,10-11,21H,4,7,9,12-15H2,1-3,5-6H3,(H,23,24);1-2H3/b11-10-,17-8+,22-18?;. The van der Waals surface area contributed by atoms with Crippen molar-refractivity contribution in [3.8, 4) is 0 Å². The van der Waals surface area contributed by atoms with Crippen LogP contribution in [0.1, 0.15) is 80.6 Å². The third kappa shape index (κ3) is 14.5. The fourth-order valence-corrected chi connectivity index (χ4v) is 2.28. The molecule has 0 unspecified atom stereocenters. The molecular formula is C22H40N2O2. The van der Waals surface area contributed by atoms with E-state index in [9.17, 15) is 4.79 Å². The Bertz CT molecular complexity index is 500. The van der Waals surface area contributed by atoms with Crippen LogP contribution in [0.4, 0.5) is 0 Å². The molecule has 26 heavy (non-hydrogen) atoms. The summed E-state index contributed by atoms with van der Waals surface area (Å²) in [5.74, 6) is -0.866. The van der Waals surface area contributed by atoms with E-state index in [1.165, 1.54) is 5.71 Å². The largest absolute Gasteiger partial charge is 0.480 e. The summed E-state index contributed by atoms with van der Waals surface area (Å²) in [6, 6.07) is 0. The van der Waals surface area contributed by atoms with Crippen LogP contribution in [-0.4, -0.2) is 23.3 Å². The number of hydrogen-bond donors (Lipinski definition) is 2. The number of aliphatic imine (C=N–C) groups is 1. The first-order valence-corrected chi connectivity index (χ1v) is 9.76. The van der Waals surface area contributed by atoms with Crippen molar-refractivity contribution < 1.29 is 9.90 Å². The Morgan fingerprint density at radius 1 is 1.27 bits per heavy atom. The molecular weight excluding hydrogens is 324 g/mol. The summed E-state index contributed by atoms with van der Waals surface area (Å²) in [5.41, 5.74) is 3.08. The highest BCUT2D eigenvalue weighted by Gasteiger charge is 2.20. The lowest BCUT2D eigenvalue weighted by atomic mass is 9.81. The summed E-state index contributed by atoms with van der Waals surface area (Å²) >= 11 is 0. The third-order valence-electron chi connectivity index (χ3n) is 3.79. The number of rotatable bonds is 12. The van der Waals surface area contributed by atoms with Gasteiger partial charge in [-0.3, -0.25) is 9.79 Å². The molecule has 0 aromatic rings. The van der Waals surface area contributed by atoms with Crippen LogP contribution in [0, 0.1) is 5.41 Å². The van der Waals surface area contributed by atoms with Crippen molar-refractivity contribution in [3.63, 3.8) is 0 Å². The molecule has 4 nitrogen and oxygen atoms in total. The van der Waals surface area contributed by atoms with Gasteiger partial charge in [0.05, 0.1) is 5.70 Å². The van der Waals surface area contributed by atoms with Gasteiger partial charge < -0.3 is 10.4 Å². The van der Waals surface area contributed by atoms with E-state index >= 15 is 0 Å². The Hall–Kier alpha value is -1.84. The molecule has 0 amide bonds. The summed E-state index contributed by atoms with van der Waals surface area (Å²) in [5, 5.41) is 11.5. The fourth-order valence-electron chi connectivity index (χ4n) is 2.28.